The summed E-state index contributed by atoms with van der Waals surface area (Å²) in [5.74, 6) is -0.304. The van der Waals surface area contributed by atoms with Crippen LogP contribution in [0, 0.1) is 0 Å². The summed E-state index contributed by atoms with van der Waals surface area (Å²) in [6, 6.07) is 17.4. The van der Waals surface area contributed by atoms with Crippen LogP contribution in [0.1, 0.15) is 46.2 Å². The predicted molar refractivity (Wildman–Crippen MR) is 115 cm³/mol. The first-order valence-electron chi connectivity index (χ1n) is 9.97. The number of carbonyl (C=O) groups excluding carboxylic acids is 1. The molecule has 31 heavy (non-hydrogen) atoms. The zero-order valence-corrected chi connectivity index (χ0v) is 17.8. The maximum Gasteiger partial charge on any atom is 0.296 e. The first-order valence-corrected chi connectivity index (χ1v) is 10.3. The van der Waals surface area contributed by atoms with Crippen molar-refractivity contribution in [1.29, 1.82) is 0 Å². The van der Waals surface area contributed by atoms with E-state index in [1.807, 2.05) is 55.5 Å². The van der Waals surface area contributed by atoms with Gasteiger partial charge in [0.2, 0.25) is 0 Å². The molecular formula is C22H20ClN7O. The summed E-state index contributed by atoms with van der Waals surface area (Å²) < 4.78 is 1.64. The highest BCUT2D eigenvalue weighted by Crippen LogP contribution is 2.41. The molecule has 156 valence electrons. The van der Waals surface area contributed by atoms with E-state index in [1.165, 1.54) is 4.80 Å². The Balaban J connectivity index is 1.52. The molecule has 8 nitrogen and oxygen atoms in total. The minimum atomic E-state index is -0.269. The van der Waals surface area contributed by atoms with Gasteiger partial charge in [0.05, 0.1) is 17.9 Å². The number of nitrogens with zero attached hydrogens (tertiary/aromatic N) is 7. The minimum absolute atomic E-state index is 0.0612. The molecule has 0 N–H and O–H groups in total. The highest BCUT2D eigenvalue weighted by Gasteiger charge is 2.37. The molecule has 0 saturated carbocycles. The Morgan fingerprint density at radius 1 is 1.03 bits per heavy atom. The molecule has 1 aliphatic rings. The highest BCUT2D eigenvalue weighted by molar-refractivity contribution is 6.30. The van der Waals surface area contributed by atoms with Crippen molar-refractivity contribution < 1.29 is 4.79 Å². The Hall–Kier alpha value is -3.52. The zero-order valence-electron chi connectivity index (χ0n) is 17.1. The summed E-state index contributed by atoms with van der Waals surface area (Å²) in [5, 5.41) is 17.3. The average molecular weight is 434 g/mol. The van der Waals surface area contributed by atoms with Gasteiger partial charge in [0.1, 0.15) is 5.15 Å². The van der Waals surface area contributed by atoms with Crippen LogP contribution in [0.15, 0.2) is 60.8 Å². The summed E-state index contributed by atoms with van der Waals surface area (Å²) in [7, 11) is 1.80. The van der Waals surface area contributed by atoms with Crippen molar-refractivity contribution in [3.8, 4) is 5.69 Å². The van der Waals surface area contributed by atoms with Crippen LogP contribution in [0.5, 0.6) is 0 Å². The Bertz CT molecular complexity index is 1250. The lowest BCUT2D eigenvalue weighted by Crippen LogP contribution is -2.41. The van der Waals surface area contributed by atoms with Gasteiger partial charge in [0, 0.05) is 25.1 Å². The van der Waals surface area contributed by atoms with Crippen LogP contribution in [-0.2, 0) is 7.05 Å². The number of fused-ring (bicyclic) bond motifs is 1. The number of aryl methyl sites for hydroxylation is 1. The van der Waals surface area contributed by atoms with E-state index in [4.69, 9.17) is 11.6 Å². The summed E-state index contributed by atoms with van der Waals surface area (Å²) in [6.07, 6.45) is 1.77. The molecule has 2 aromatic heterocycles. The molecule has 3 heterocycles. The number of para-hydroxylation sites is 1. The smallest absolute Gasteiger partial charge is 0.296 e. The zero-order chi connectivity index (χ0) is 21.5. The molecule has 0 fully saturated rings. The lowest BCUT2D eigenvalue weighted by Gasteiger charge is -2.39. The number of amides is 1. The molecule has 1 aliphatic heterocycles. The molecule has 0 bridgehead atoms. The topological polar surface area (TPSA) is 81.7 Å². The van der Waals surface area contributed by atoms with Crippen molar-refractivity contribution in [3.05, 3.63) is 88.5 Å². The summed E-state index contributed by atoms with van der Waals surface area (Å²) in [6.45, 7) is 2.46. The summed E-state index contributed by atoms with van der Waals surface area (Å²) in [4.78, 5) is 16.6. The third kappa shape index (κ3) is 3.29. The Labute approximate surface area is 184 Å². The Kier molecular flexibility index (Phi) is 4.78. The van der Waals surface area contributed by atoms with Gasteiger partial charge in [-0.15, -0.1) is 15.0 Å². The number of benzene rings is 2. The Morgan fingerprint density at radius 3 is 2.45 bits per heavy atom. The average Bonchev–Trinajstić information content (AvgIpc) is 3.42. The van der Waals surface area contributed by atoms with E-state index in [0.717, 1.165) is 22.4 Å². The van der Waals surface area contributed by atoms with Crippen LogP contribution in [0.3, 0.4) is 0 Å². The molecule has 9 heteroatoms. The monoisotopic (exact) mass is 433 g/mol. The molecule has 5 rings (SSSR count). The quantitative estimate of drug-likeness (QED) is 0.494. The molecule has 4 aromatic rings. The van der Waals surface area contributed by atoms with E-state index in [-0.39, 0.29) is 23.7 Å². The standard InChI is InChI=1S/C22H20ClN7O/c1-14-16-10-6-7-11-17(16)19(18-12-24-28(2)20(18)23)13-29(14)22(31)21-25-27-30(26-21)15-8-4-3-5-9-15/h3-12,14,19H,13H2,1-2H3/t14-,19-/m0/s1. The predicted octanol–water partition coefficient (Wildman–Crippen LogP) is 3.40. The number of hydrogen-bond donors (Lipinski definition) is 0. The molecule has 0 radical (unpaired) electrons. The van der Waals surface area contributed by atoms with E-state index in [0.29, 0.717) is 11.7 Å². The van der Waals surface area contributed by atoms with Gasteiger partial charge in [-0.05, 0) is 35.4 Å². The fraction of sp³-hybridized carbons (Fsp3) is 0.227. The van der Waals surface area contributed by atoms with Crippen molar-refractivity contribution in [1.82, 2.24) is 34.9 Å². The fourth-order valence-electron chi connectivity index (χ4n) is 4.13. The number of aromatic nitrogens is 6. The lowest BCUT2D eigenvalue weighted by atomic mass is 9.82. The second kappa shape index (κ2) is 7.63. The number of hydrogen-bond acceptors (Lipinski definition) is 5. The van der Waals surface area contributed by atoms with Gasteiger partial charge in [-0.1, -0.05) is 54.1 Å². The van der Waals surface area contributed by atoms with Crippen LogP contribution in [0.2, 0.25) is 5.15 Å². The maximum atomic E-state index is 13.4. The molecule has 0 spiro atoms. The van der Waals surface area contributed by atoms with Gasteiger partial charge in [-0.3, -0.25) is 9.48 Å². The van der Waals surface area contributed by atoms with E-state index in [2.05, 4.69) is 26.6 Å². The summed E-state index contributed by atoms with van der Waals surface area (Å²) in [5.41, 5.74) is 3.85. The van der Waals surface area contributed by atoms with Crippen LogP contribution in [0.4, 0.5) is 0 Å². The van der Waals surface area contributed by atoms with Crippen molar-refractivity contribution >= 4 is 17.5 Å². The van der Waals surface area contributed by atoms with Crippen LogP contribution in [0.25, 0.3) is 5.69 Å². The van der Waals surface area contributed by atoms with Gasteiger partial charge in [0.15, 0.2) is 0 Å². The largest absolute Gasteiger partial charge is 0.328 e. The number of halogens is 1. The molecular weight excluding hydrogens is 414 g/mol. The molecule has 0 saturated heterocycles. The molecule has 0 unspecified atom stereocenters. The van der Waals surface area contributed by atoms with Crippen molar-refractivity contribution in [3.63, 3.8) is 0 Å². The maximum absolute atomic E-state index is 13.4. The number of tetrazole rings is 1. The third-order valence-corrected chi connectivity index (χ3v) is 6.25. The molecule has 2 atom stereocenters. The first-order chi connectivity index (χ1) is 15.0. The van der Waals surface area contributed by atoms with Gasteiger partial charge in [-0.2, -0.15) is 5.10 Å². The third-order valence-electron chi connectivity index (χ3n) is 5.79. The molecule has 1 amide bonds. The molecule has 2 aromatic carbocycles. The van der Waals surface area contributed by atoms with Gasteiger partial charge in [0.25, 0.3) is 11.7 Å². The van der Waals surface area contributed by atoms with Crippen LogP contribution >= 0.6 is 11.6 Å². The normalized spacial score (nSPS) is 18.1. The molecule has 0 aliphatic carbocycles. The fourth-order valence-corrected chi connectivity index (χ4v) is 4.35. The van der Waals surface area contributed by atoms with Crippen LogP contribution in [-0.4, -0.2) is 47.3 Å². The second-order valence-electron chi connectivity index (χ2n) is 7.57. The lowest BCUT2D eigenvalue weighted by molar-refractivity contribution is 0.0652. The number of carbonyl (C=O) groups is 1. The SMILES string of the molecule is C[C@H]1c2ccccc2[C@@H](c2cnn(C)c2Cl)CN1C(=O)c1nnn(-c2ccccc2)n1. The van der Waals surface area contributed by atoms with E-state index in [1.54, 1.807) is 22.8 Å². The van der Waals surface area contributed by atoms with Crippen molar-refractivity contribution in [2.45, 2.75) is 18.9 Å². The van der Waals surface area contributed by atoms with E-state index >= 15 is 0 Å². The van der Waals surface area contributed by atoms with Gasteiger partial charge < -0.3 is 4.90 Å². The number of rotatable bonds is 3. The van der Waals surface area contributed by atoms with E-state index < -0.39 is 0 Å². The van der Waals surface area contributed by atoms with Crippen molar-refractivity contribution in [2.24, 2.45) is 7.05 Å². The van der Waals surface area contributed by atoms with Crippen LogP contribution < -0.4 is 0 Å². The van der Waals surface area contributed by atoms with E-state index in [9.17, 15) is 4.79 Å². The van der Waals surface area contributed by atoms with Crippen molar-refractivity contribution in [2.75, 3.05) is 6.54 Å². The minimum Gasteiger partial charge on any atom is -0.328 e. The van der Waals surface area contributed by atoms with Gasteiger partial charge in [-0.25, -0.2) is 0 Å². The summed E-state index contributed by atoms with van der Waals surface area (Å²) >= 11 is 6.52. The van der Waals surface area contributed by atoms with Gasteiger partial charge >= 0.3 is 0 Å². The first kappa shape index (κ1) is 19.4. The highest BCUT2D eigenvalue weighted by atomic mass is 35.5. The second-order valence-corrected chi connectivity index (χ2v) is 7.93. The Morgan fingerprint density at radius 2 is 1.74 bits per heavy atom.